The highest BCUT2D eigenvalue weighted by Crippen LogP contribution is 2.40. The van der Waals surface area contributed by atoms with E-state index in [1.807, 2.05) is 26.0 Å². The van der Waals surface area contributed by atoms with Crippen molar-refractivity contribution in [3.05, 3.63) is 92.3 Å². The van der Waals surface area contributed by atoms with Crippen LogP contribution in [0.15, 0.2) is 59.6 Å². The SMILES string of the molecule is CC(=N)N1C(=N)[C@H](/C=C/C(=O)NN2CCN(C(=O)CCCCC(=O)Nc3cccc4c3CN(C3CCC(=O)NC3=O)C4=O)CC2)N=C(c2ccc(Cl)cc2)c2c1sc(C)c2C. The van der Waals surface area contributed by atoms with E-state index in [1.165, 1.54) is 22.3 Å². The molecule has 4 aliphatic rings. The van der Waals surface area contributed by atoms with Gasteiger partial charge in [0.15, 0.2) is 0 Å². The van der Waals surface area contributed by atoms with Gasteiger partial charge in [0.1, 0.15) is 28.8 Å². The fourth-order valence-electron chi connectivity index (χ4n) is 7.92. The first-order chi connectivity index (χ1) is 29.2. The van der Waals surface area contributed by atoms with E-state index in [2.05, 4.69) is 16.1 Å². The molecule has 318 valence electrons. The van der Waals surface area contributed by atoms with Crippen molar-refractivity contribution in [2.75, 3.05) is 36.4 Å². The Labute approximate surface area is 362 Å². The van der Waals surface area contributed by atoms with E-state index in [0.29, 0.717) is 66.6 Å². The molecule has 1 aromatic heterocycles. The largest absolute Gasteiger partial charge is 0.340 e. The first-order valence-electron chi connectivity index (χ1n) is 20.2. The van der Waals surface area contributed by atoms with Crippen molar-refractivity contribution in [1.82, 2.24) is 25.6 Å². The Morgan fingerprint density at radius 1 is 1.02 bits per heavy atom. The van der Waals surface area contributed by atoms with Gasteiger partial charge in [-0.05, 0) is 75.9 Å². The predicted octanol–water partition coefficient (Wildman–Crippen LogP) is 4.71. The van der Waals surface area contributed by atoms with Crippen LogP contribution in [0.5, 0.6) is 0 Å². The third-order valence-electron chi connectivity index (χ3n) is 11.3. The lowest BCUT2D eigenvalue weighted by Crippen LogP contribution is -2.54. The molecule has 5 heterocycles. The molecule has 2 atom stereocenters. The van der Waals surface area contributed by atoms with Gasteiger partial charge in [0.2, 0.25) is 23.6 Å². The summed E-state index contributed by atoms with van der Waals surface area (Å²) in [6.07, 6.45) is 4.74. The van der Waals surface area contributed by atoms with Crippen molar-refractivity contribution in [2.45, 2.75) is 77.9 Å². The summed E-state index contributed by atoms with van der Waals surface area (Å²) in [5.74, 6) is -1.66. The summed E-state index contributed by atoms with van der Waals surface area (Å²) in [4.78, 5) is 87.1. The molecule has 7 rings (SSSR count). The highest BCUT2D eigenvalue weighted by molar-refractivity contribution is 7.17. The molecule has 0 saturated carbocycles. The topological polar surface area (TPSA) is 212 Å². The molecular formula is C43H47ClN10O6S. The molecule has 6 amide bonds. The highest BCUT2D eigenvalue weighted by Gasteiger charge is 2.40. The second kappa shape index (κ2) is 18.3. The summed E-state index contributed by atoms with van der Waals surface area (Å²) in [5, 5.41) is 25.9. The van der Waals surface area contributed by atoms with Gasteiger partial charge in [-0.3, -0.25) is 60.2 Å². The second-order valence-electron chi connectivity index (χ2n) is 15.4. The number of nitrogens with one attached hydrogen (secondary N) is 5. The molecule has 61 heavy (non-hydrogen) atoms. The quantitative estimate of drug-likeness (QED) is 0.0598. The van der Waals surface area contributed by atoms with Crippen LogP contribution in [0.3, 0.4) is 0 Å². The molecule has 0 spiro atoms. The zero-order chi connectivity index (χ0) is 43.5. The van der Waals surface area contributed by atoms with Crippen LogP contribution in [-0.4, -0.2) is 106 Å². The van der Waals surface area contributed by atoms with E-state index >= 15 is 0 Å². The van der Waals surface area contributed by atoms with Gasteiger partial charge < -0.3 is 15.1 Å². The van der Waals surface area contributed by atoms with Gasteiger partial charge >= 0.3 is 0 Å². The number of amides is 6. The Kier molecular flexibility index (Phi) is 12.9. The van der Waals surface area contributed by atoms with Crippen molar-refractivity contribution in [3.8, 4) is 0 Å². The number of anilines is 2. The number of carbonyl (C=O) groups is 6. The first-order valence-corrected chi connectivity index (χ1v) is 21.3. The summed E-state index contributed by atoms with van der Waals surface area (Å²) in [6, 6.07) is 10.7. The maximum atomic E-state index is 13.2. The first kappa shape index (κ1) is 43.1. The molecule has 4 aliphatic heterocycles. The Bertz CT molecular complexity index is 2390. The van der Waals surface area contributed by atoms with Gasteiger partial charge in [0.05, 0.1) is 5.71 Å². The van der Waals surface area contributed by atoms with E-state index in [9.17, 15) is 28.8 Å². The molecule has 0 radical (unpaired) electrons. The van der Waals surface area contributed by atoms with Crippen molar-refractivity contribution < 1.29 is 28.8 Å². The minimum atomic E-state index is -0.862. The highest BCUT2D eigenvalue weighted by atomic mass is 35.5. The predicted molar refractivity (Wildman–Crippen MR) is 233 cm³/mol. The number of imide groups is 1. The lowest BCUT2D eigenvalue weighted by molar-refractivity contribution is -0.137. The van der Waals surface area contributed by atoms with E-state index < -0.39 is 23.9 Å². The number of amidine groups is 2. The average molecular weight is 867 g/mol. The maximum absolute atomic E-state index is 13.2. The van der Waals surface area contributed by atoms with Crippen molar-refractivity contribution in [1.29, 1.82) is 10.8 Å². The van der Waals surface area contributed by atoms with Gasteiger partial charge in [-0.15, -0.1) is 11.3 Å². The zero-order valence-corrected chi connectivity index (χ0v) is 35.7. The number of aliphatic imine (C=N–C) groups is 1. The lowest BCUT2D eigenvalue weighted by Gasteiger charge is -2.34. The number of piperazine rings is 1. The summed E-state index contributed by atoms with van der Waals surface area (Å²) in [7, 11) is 0. The van der Waals surface area contributed by atoms with E-state index in [-0.39, 0.29) is 67.5 Å². The Balaban J connectivity index is 0.873. The number of rotatable bonds is 11. The number of unbranched alkanes of at least 4 members (excludes halogenated alkanes) is 1. The zero-order valence-electron chi connectivity index (χ0n) is 34.1. The number of benzene rings is 2. The molecular weight excluding hydrogens is 820 g/mol. The molecule has 1 unspecified atom stereocenters. The summed E-state index contributed by atoms with van der Waals surface area (Å²) in [5.41, 5.74) is 7.70. The molecule has 3 aromatic rings. The smallest absolute Gasteiger partial charge is 0.258 e. The van der Waals surface area contributed by atoms with Gasteiger partial charge in [-0.25, -0.2) is 5.01 Å². The maximum Gasteiger partial charge on any atom is 0.258 e. The van der Waals surface area contributed by atoms with Crippen molar-refractivity contribution in [2.24, 2.45) is 4.99 Å². The molecule has 2 fully saturated rings. The van der Waals surface area contributed by atoms with Gasteiger partial charge in [0.25, 0.3) is 11.8 Å². The normalized spacial score (nSPS) is 19.3. The molecule has 0 bridgehead atoms. The van der Waals surface area contributed by atoms with Gasteiger partial charge in [0, 0.05) is 95.9 Å². The van der Waals surface area contributed by atoms with Crippen LogP contribution in [-0.2, 0) is 30.5 Å². The van der Waals surface area contributed by atoms with E-state index in [1.54, 1.807) is 58.1 Å². The molecule has 5 N–H and O–H groups in total. The Morgan fingerprint density at radius 3 is 2.44 bits per heavy atom. The van der Waals surface area contributed by atoms with Crippen LogP contribution in [0.2, 0.25) is 5.02 Å². The lowest BCUT2D eigenvalue weighted by atomic mass is 10.00. The third-order valence-corrected chi connectivity index (χ3v) is 12.7. The number of thiophene rings is 1. The Morgan fingerprint density at radius 2 is 1.74 bits per heavy atom. The van der Waals surface area contributed by atoms with Gasteiger partial charge in [-0.1, -0.05) is 29.8 Å². The summed E-state index contributed by atoms with van der Waals surface area (Å²) in [6.45, 7) is 7.42. The number of fused-ring (bicyclic) bond motifs is 2. The van der Waals surface area contributed by atoms with E-state index in [4.69, 9.17) is 27.4 Å². The van der Waals surface area contributed by atoms with Gasteiger partial charge in [-0.2, -0.15) is 0 Å². The summed E-state index contributed by atoms with van der Waals surface area (Å²) < 4.78 is 0. The Hall–Kier alpha value is -6.04. The van der Waals surface area contributed by atoms with Crippen LogP contribution < -0.4 is 21.0 Å². The monoisotopic (exact) mass is 866 g/mol. The standard InChI is InChI=1S/C43H47ClN10O6S/c1-24-25(2)61-43-38(24)39(27-11-13-28(44)14-12-27)48-32(40(46)54(43)26(3)45)15-17-36(57)50-52-21-19-51(20-22-52)37(58)10-5-4-9-34(55)47-31-8-6-7-29-30(31)23-53(42(29)60)33-16-18-35(56)49-41(33)59/h6-8,11-15,17,32-33,45-46H,4-5,9-10,16,18-23H2,1-3H3,(H,47,55)(H,50,57)(H,49,56,59)/b17-15+,45-26?,46-40?/t32-,33?/m0/s1. The van der Waals surface area contributed by atoms with Crippen LogP contribution in [0, 0.1) is 24.7 Å². The number of piperidine rings is 1. The van der Waals surface area contributed by atoms with E-state index in [0.717, 1.165) is 26.6 Å². The van der Waals surface area contributed by atoms with Crippen LogP contribution in [0.1, 0.15) is 82.9 Å². The minimum Gasteiger partial charge on any atom is -0.340 e. The van der Waals surface area contributed by atoms with Crippen LogP contribution in [0.25, 0.3) is 0 Å². The molecule has 18 heteroatoms. The molecule has 16 nitrogen and oxygen atoms in total. The van der Waals surface area contributed by atoms with Crippen molar-refractivity contribution in [3.63, 3.8) is 0 Å². The summed E-state index contributed by atoms with van der Waals surface area (Å²) >= 11 is 7.69. The number of hydrazine groups is 1. The van der Waals surface area contributed by atoms with Crippen molar-refractivity contribution >= 4 is 86.5 Å². The number of carbonyl (C=O) groups excluding carboxylic acids is 6. The van der Waals surface area contributed by atoms with Crippen LogP contribution in [0.4, 0.5) is 10.7 Å². The number of nitrogens with zero attached hydrogens (tertiary/aromatic N) is 5. The second-order valence-corrected chi connectivity index (χ2v) is 17.0. The number of hydrogen-bond donors (Lipinski definition) is 5. The molecule has 2 saturated heterocycles. The average Bonchev–Trinajstić information content (AvgIpc) is 3.67. The minimum absolute atomic E-state index is 0.0366. The van der Waals surface area contributed by atoms with Crippen LogP contribution >= 0.6 is 22.9 Å². The molecule has 0 aliphatic carbocycles. The number of hydrogen-bond acceptors (Lipinski definition) is 11. The number of halogens is 1. The fourth-order valence-corrected chi connectivity index (χ4v) is 9.27. The number of aryl methyl sites for hydroxylation is 1. The molecule has 2 aromatic carbocycles. The third kappa shape index (κ3) is 9.33. The fraction of sp³-hybridized carbons (Fsp3) is 0.372.